The fourth-order valence-electron chi connectivity index (χ4n) is 4.18. The summed E-state index contributed by atoms with van der Waals surface area (Å²) in [4.78, 5) is 24.8. The molecule has 1 aliphatic heterocycles. The van der Waals surface area contributed by atoms with E-state index in [1.54, 1.807) is 39.0 Å². The van der Waals surface area contributed by atoms with Gasteiger partial charge in [-0.3, -0.25) is 13.9 Å². The van der Waals surface area contributed by atoms with E-state index in [-0.39, 0.29) is 35.3 Å². The molecule has 14 nitrogen and oxygen atoms in total. The molecule has 6 atom stereocenters. The summed E-state index contributed by atoms with van der Waals surface area (Å²) in [6.07, 6.45) is -3.87. The number of imidazole rings is 1. The summed E-state index contributed by atoms with van der Waals surface area (Å²) in [6.45, 7) is 7.43. The van der Waals surface area contributed by atoms with Crippen molar-refractivity contribution in [2.45, 2.75) is 70.9 Å². The van der Waals surface area contributed by atoms with Crippen LogP contribution in [-0.2, 0) is 23.4 Å². The van der Waals surface area contributed by atoms with Gasteiger partial charge in [0.2, 0.25) is 11.8 Å². The molecular formula is C25H34FN6O8P. The maximum atomic E-state index is 15.6. The largest absolute Gasteiger partial charge is 0.476 e. The van der Waals surface area contributed by atoms with E-state index in [4.69, 9.17) is 29.0 Å². The molecule has 4 rings (SSSR count). The fourth-order valence-corrected chi connectivity index (χ4v) is 5.68. The van der Waals surface area contributed by atoms with E-state index in [1.807, 2.05) is 0 Å². The minimum Gasteiger partial charge on any atom is -0.476 e. The average molecular weight is 597 g/mol. The SMILES string of the molecule is CCOc1nc(N)nc2c1ncn2[C@@H]1O[C@H](COP(=O)(N[C@@H](C)C(=O)OC(C)C)Oc2ccccc2)[C@@H](F)[C@@]1(C)O. The minimum absolute atomic E-state index is 0.118. The average Bonchev–Trinajstić information content (AvgIpc) is 3.41. The smallest absolute Gasteiger partial charge is 0.459 e. The number of hydrogen-bond donors (Lipinski definition) is 3. The van der Waals surface area contributed by atoms with Crippen molar-refractivity contribution in [1.29, 1.82) is 0 Å². The molecule has 1 aromatic carbocycles. The van der Waals surface area contributed by atoms with Crippen LogP contribution in [0.2, 0.25) is 0 Å². The number of rotatable bonds is 12. The molecular weight excluding hydrogens is 562 g/mol. The first-order valence-electron chi connectivity index (χ1n) is 13.0. The second-order valence-electron chi connectivity index (χ2n) is 9.83. The quantitative estimate of drug-likeness (QED) is 0.205. The van der Waals surface area contributed by atoms with Crippen LogP contribution in [0, 0.1) is 0 Å². The zero-order chi connectivity index (χ0) is 29.9. The van der Waals surface area contributed by atoms with Gasteiger partial charge in [-0.25, -0.2) is 13.9 Å². The number of nitrogens with zero attached hydrogens (tertiary/aromatic N) is 4. The topological polar surface area (TPSA) is 182 Å². The van der Waals surface area contributed by atoms with Crippen molar-refractivity contribution in [3.05, 3.63) is 36.7 Å². The molecule has 2 aromatic heterocycles. The Bertz CT molecular complexity index is 1410. The first kappa shape index (κ1) is 30.6. The van der Waals surface area contributed by atoms with Gasteiger partial charge in [0, 0.05) is 0 Å². The summed E-state index contributed by atoms with van der Waals surface area (Å²) in [7, 11) is -4.31. The van der Waals surface area contributed by atoms with Crippen LogP contribution in [0.4, 0.5) is 10.3 Å². The Kier molecular flexibility index (Phi) is 9.14. The molecule has 1 aliphatic rings. The molecule has 0 bridgehead atoms. The van der Waals surface area contributed by atoms with E-state index in [1.165, 1.54) is 36.9 Å². The highest BCUT2D eigenvalue weighted by molar-refractivity contribution is 7.52. The van der Waals surface area contributed by atoms with E-state index < -0.39 is 56.6 Å². The second kappa shape index (κ2) is 12.2. The number of fused-ring (bicyclic) bond motifs is 1. The van der Waals surface area contributed by atoms with Gasteiger partial charge >= 0.3 is 13.7 Å². The minimum atomic E-state index is -4.31. The Morgan fingerprint density at radius 1 is 1.29 bits per heavy atom. The van der Waals surface area contributed by atoms with Crippen LogP contribution in [0.1, 0.15) is 40.8 Å². The number of ether oxygens (including phenoxy) is 3. The molecule has 16 heteroatoms. The molecule has 0 radical (unpaired) electrons. The highest BCUT2D eigenvalue weighted by Gasteiger charge is 2.55. The van der Waals surface area contributed by atoms with Crippen molar-refractivity contribution >= 4 is 30.8 Å². The molecule has 3 aromatic rings. The van der Waals surface area contributed by atoms with Crippen molar-refractivity contribution < 1.29 is 42.1 Å². The summed E-state index contributed by atoms with van der Waals surface area (Å²) in [5.41, 5.74) is 4.12. The van der Waals surface area contributed by atoms with Crippen molar-refractivity contribution in [2.24, 2.45) is 0 Å². The van der Waals surface area contributed by atoms with Crippen LogP contribution in [0.15, 0.2) is 36.7 Å². The second-order valence-corrected chi connectivity index (χ2v) is 11.5. The molecule has 1 saturated heterocycles. The molecule has 224 valence electrons. The maximum Gasteiger partial charge on any atom is 0.459 e. The lowest BCUT2D eigenvalue weighted by atomic mass is 9.98. The number of benzene rings is 1. The number of nitrogens with one attached hydrogen (secondary N) is 1. The first-order chi connectivity index (χ1) is 19.3. The van der Waals surface area contributed by atoms with Crippen molar-refractivity contribution in [1.82, 2.24) is 24.6 Å². The summed E-state index contributed by atoms with van der Waals surface area (Å²) >= 11 is 0. The predicted molar refractivity (Wildman–Crippen MR) is 145 cm³/mol. The number of carbonyl (C=O) groups is 1. The van der Waals surface area contributed by atoms with Gasteiger partial charge in [-0.2, -0.15) is 15.1 Å². The number of nitrogen functional groups attached to an aromatic ring is 1. The van der Waals surface area contributed by atoms with Crippen LogP contribution < -0.4 is 20.1 Å². The summed E-state index contributed by atoms with van der Waals surface area (Å²) in [6, 6.07) is 7.00. The number of alkyl halides is 1. The van der Waals surface area contributed by atoms with E-state index in [0.29, 0.717) is 0 Å². The first-order valence-corrected chi connectivity index (χ1v) is 14.5. The van der Waals surface area contributed by atoms with Gasteiger partial charge < -0.3 is 29.6 Å². The lowest BCUT2D eigenvalue weighted by Gasteiger charge is -2.26. The Morgan fingerprint density at radius 2 is 2.00 bits per heavy atom. The number of halogens is 1. The molecule has 0 saturated carbocycles. The number of hydrogen-bond acceptors (Lipinski definition) is 12. The fraction of sp³-hybridized carbons (Fsp3) is 0.520. The van der Waals surface area contributed by atoms with E-state index >= 15 is 4.39 Å². The standard InChI is InChI=1S/C25H34FN6O8P/c1-6-36-21-18-20(29-24(27)30-21)32(13-28-18)23-25(5,34)19(26)17(39-23)12-37-41(35,40-16-10-8-7-9-11-16)31-15(4)22(33)38-14(2)3/h7-11,13-15,17,19,23,34H,6,12H2,1-5H3,(H,31,35)(H2,27,29,30)/t15-,17+,19+,23+,25+,41?/m0/s1. The summed E-state index contributed by atoms with van der Waals surface area (Å²) in [5.74, 6) is -0.511. The lowest BCUT2D eigenvalue weighted by molar-refractivity contribution is -0.149. The maximum absolute atomic E-state index is 15.6. The van der Waals surface area contributed by atoms with Gasteiger partial charge in [0.05, 0.1) is 25.6 Å². The third-order valence-electron chi connectivity index (χ3n) is 6.06. The number of carbonyl (C=O) groups excluding carboxylic acids is 1. The zero-order valence-corrected chi connectivity index (χ0v) is 24.2. The van der Waals surface area contributed by atoms with Gasteiger partial charge in [0.15, 0.2) is 23.6 Å². The molecule has 1 unspecified atom stereocenters. The van der Waals surface area contributed by atoms with Crippen LogP contribution >= 0.6 is 7.75 Å². The third-order valence-corrected chi connectivity index (χ3v) is 7.71. The molecule has 0 aliphatic carbocycles. The molecule has 1 fully saturated rings. The highest BCUT2D eigenvalue weighted by atomic mass is 31.2. The number of aliphatic hydroxyl groups is 1. The molecule has 0 spiro atoms. The lowest BCUT2D eigenvalue weighted by Crippen LogP contribution is -2.42. The van der Waals surface area contributed by atoms with Crippen molar-refractivity contribution in [3.8, 4) is 11.6 Å². The predicted octanol–water partition coefficient (Wildman–Crippen LogP) is 2.93. The Labute approximate surface area is 235 Å². The Hall–Kier alpha value is -3.36. The highest BCUT2D eigenvalue weighted by Crippen LogP contribution is 2.48. The molecule has 41 heavy (non-hydrogen) atoms. The van der Waals surface area contributed by atoms with Gasteiger partial charge in [-0.05, 0) is 46.8 Å². The normalized spacial score (nSPS) is 24.7. The van der Waals surface area contributed by atoms with E-state index in [9.17, 15) is 14.5 Å². The van der Waals surface area contributed by atoms with Crippen molar-refractivity contribution in [3.63, 3.8) is 0 Å². The molecule has 3 heterocycles. The van der Waals surface area contributed by atoms with Crippen LogP contribution in [0.5, 0.6) is 11.6 Å². The monoisotopic (exact) mass is 596 g/mol. The number of esters is 1. The van der Waals surface area contributed by atoms with Gasteiger partial charge in [0.1, 0.15) is 23.5 Å². The number of nitrogens with two attached hydrogens (primary N) is 1. The van der Waals surface area contributed by atoms with Gasteiger partial charge in [0.25, 0.3) is 0 Å². The number of anilines is 1. The van der Waals surface area contributed by atoms with Gasteiger partial charge in [-0.15, -0.1) is 0 Å². The van der Waals surface area contributed by atoms with E-state index in [0.717, 1.165) is 0 Å². The van der Waals surface area contributed by atoms with Crippen molar-refractivity contribution in [2.75, 3.05) is 18.9 Å². The van der Waals surface area contributed by atoms with Gasteiger partial charge in [-0.1, -0.05) is 18.2 Å². The van der Waals surface area contributed by atoms with Crippen LogP contribution in [0.25, 0.3) is 11.2 Å². The van der Waals surface area contributed by atoms with Crippen LogP contribution in [0.3, 0.4) is 0 Å². The Balaban J connectivity index is 1.56. The summed E-state index contributed by atoms with van der Waals surface area (Å²) in [5, 5.41) is 13.7. The number of para-hydroxylation sites is 1. The molecule has 0 amide bonds. The zero-order valence-electron chi connectivity index (χ0n) is 23.3. The van der Waals surface area contributed by atoms with Crippen LogP contribution in [-0.4, -0.2) is 73.8 Å². The third kappa shape index (κ3) is 6.76. The van der Waals surface area contributed by atoms with E-state index in [2.05, 4.69) is 20.0 Å². The Morgan fingerprint density at radius 3 is 2.66 bits per heavy atom. The summed E-state index contributed by atoms with van der Waals surface area (Å²) < 4.78 is 58.4. The number of aromatic nitrogens is 4. The molecule has 4 N–H and O–H groups in total.